The second-order valence-electron chi connectivity index (χ2n) is 7.56. The molecular weight excluding hydrogens is 277 g/mol. The van der Waals surface area contributed by atoms with Crippen molar-refractivity contribution >= 4 is 12.4 Å². The Labute approximate surface area is 133 Å². The summed E-state index contributed by atoms with van der Waals surface area (Å²) in [5.74, 6) is 0.701. The highest BCUT2D eigenvalue weighted by molar-refractivity contribution is 6.68. The Bertz CT molecular complexity index is 493. The third-order valence-corrected chi connectivity index (χ3v) is 5.35. The average Bonchev–Trinajstić information content (AvgIpc) is 2.69. The van der Waals surface area contributed by atoms with E-state index < -0.39 is 0 Å². The zero-order valence-corrected chi connectivity index (χ0v) is 14.1. The Hall–Kier alpha value is -1.07. The number of hydrogen-bond acceptors (Lipinski definition) is 4. The maximum absolute atomic E-state index is 6.24. The van der Waals surface area contributed by atoms with E-state index in [-0.39, 0.29) is 24.0 Å². The monoisotopic (exact) mass is 303 g/mol. The van der Waals surface area contributed by atoms with Gasteiger partial charge in [-0.1, -0.05) is 19.9 Å². The molecule has 0 saturated carbocycles. The molecular formula is C17H26BNO3. The van der Waals surface area contributed by atoms with E-state index in [9.17, 15) is 0 Å². The summed E-state index contributed by atoms with van der Waals surface area (Å²) in [6.45, 7) is 10.6. The molecule has 0 bridgehead atoms. The number of aromatic nitrogens is 1. The summed E-state index contributed by atoms with van der Waals surface area (Å²) >= 11 is 0. The van der Waals surface area contributed by atoms with E-state index >= 15 is 0 Å². The molecule has 0 N–H and O–H groups in total. The van der Waals surface area contributed by atoms with Gasteiger partial charge in [0.2, 0.25) is 5.88 Å². The average molecular weight is 303 g/mol. The minimum Gasteiger partial charge on any atom is -0.474 e. The van der Waals surface area contributed by atoms with Gasteiger partial charge in [-0.15, -0.1) is 0 Å². The number of hydrogen-bond donors (Lipinski definition) is 0. The van der Waals surface area contributed by atoms with Crippen molar-refractivity contribution < 1.29 is 14.1 Å². The lowest BCUT2D eigenvalue weighted by Gasteiger charge is -2.34. The standard InChI is InChI=1S/C17H26BNO3/c1-16(2)12-18(22-17(16,3)4)13-5-6-15(19-11-13)21-14-7-9-20-10-8-14/h5-6,11,14H,7-10,12H2,1-4H3. The number of rotatable bonds is 3. The second kappa shape index (κ2) is 5.86. The van der Waals surface area contributed by atoms with Crippen LogP contribution in [0.4, 0.5) is 0 Å². The van der Waals surface area contributed by atoms with Crippen LogP contribution in [0.1, 0.15) is 40.5 Å². The maximum Gasteiger partial charge on any atom is 0.329 e. The molecule has 1 aromatic heterocycles. The Morgan fingerprint density at radius 3 is 2.45 bits per heavy atom. The van der Waals surface area contributed by atoms with Gasteiger partial charge in [-0.25, -0.2) is 4.98 Å². The highest BCUT2D eigenvalue weighted by atomic mass is 16.5. The quantitative estimate of drug-likeness (QED) is 0.805. The molecule has 0 unspecified atom stereocenters. The molecule has 3 heterocycles. The van der Waals surface area contributed by atoms with E-state index in [1.807, 2.05) is 12.3 Å². The molecule has 0 amide bonds. The minimum atomic E-state index is -0.116. The van der Waals surface area contributed by atoms with Gasteiger partial charge in [-0.05, 0) is 37.1 Å². The Morgan fingerprint density at radius 2 is 1.91 bits per heavy atom. The largest absolute Gasteiger partial charge is 0.474 e. The van der Waals surface area contributed by atoms with Crippen LogP contribution in [-0.2, 0) is 9.39 Å². The molecule has 1 aromatic rings. The van der Waals surface area contributed by atoms with Crippen molar-refractivity contribution in [1.29, 1.82) is 0 Å². The van der Waals surface area contributed by atoms with Crippen LogP contribution in [0.5, 0.6) is 5.88 Å². The van der Waals surface area contributed by atoms with Crippen LogP contribution in [-0.4, -0.2) is 36.8 Å². The lowest BCUT2D eigenvalue weighted by molar-refractivity contribution is 0.0237. The predicted octanol–water partition coefficient (Wildman–Crippen LogP) is 2.67. The zero-order chi connectivity index (χ0) is 15.8. The van der Waals surface area contributed by atoms with Gasteiger partial charge >= 0.3 is 6.92 Å². The van der Waals surface area contributed by atoms with Crippen molar-refractivity contribution in [3.63, 3.8) is 0 Å². The number of ether oxygens (including phenoxy) is 2. The first-order valence-corrected chi connectivity index (χ1v) is 8.26. The molecule has 2 saturated heterocycles. The first-order chi connectivity index (χ1) is 10.4. The maximum atomic E-state index is 6.24. The van der Waals surface area contributed by atoms with Gasteiger partial charge in [-0.2, -0.15) is 0 Å². The first-order valence-electron chi connectivity index (χ1n) is 8.26. The third-order valence-electron chi connectivity index (χ3n) is 5.35. The summed E-state index contributed by atoms with van der Waals surface area (Å²) < 4.78 is 17.5. The lowest BCUT2D eigenvalue weighted by atomic mass is 9.54. The zero-order valence-electron chi connectivity index (χ0n) is 14.1. The topological polar surface area (TPSA) is 40.6 Å². The molecule has 22 heavy (non-hydrogen) atoms. The van der Waals surface area contributed by atoms with Crippen LogP contribution in [0.3, 0.4) is 0 Å². The highest BCUT2D eigenvalue weighted by Crippen LogP contribution is 2.44. The minimum absolute atomic E-state index is 0.116. The summed E-state index contributed by atoms with van der Waals surface area (Å²) in [5.41, 5.74) is 1.18. The molecule has 5 heteroatoms. The van der Waals surface area contributed by atoms with Gasteiger partial charge in [-0.3, -0.25) is 0 Å². The summed E-state index contributed by atoms with van der Waals surface area (Å²) in [6.07, 6.45) is 5.03. The fraction of sp³-hybridized carbons (Fsp3) is 0.706. The SMILES string of the molecule is CC1(C)CB(c2ccc(OC3CCOCC3)nc2)OC1(C)C. The van der Waals surface area contributed by atoms with Crippen LogP contribution in [0.25, 0.3) is 0 Å². The molecule has 2 aliphatic rings. The Balaban J connectivity index is 1.65. The van der Waals surface area contributed by atoms with E-state index in [0.717, 1.165) is 37.8 Å². The summed E-state index contributed by atoms with van der Waals surface area (Å²) in [6, 6.07) is 4.05. The smallest absolute Gasteiger partial charge is 0.329 e. The van der Waals surface area contributed by atoms with Crippen molar-refractivity contribution in [3.05, 3.63) is 18.3 Å². The molecule has 2 aliphatic heterocycles. The second-order valence-corrected chi connectivity index (χ2v) is 7.56. The molecule has 0 aliphatic carbocycles. The van der Waals surface area contributed by atoms with Crippen molar-refractivity contribution in [2.75, 3.05) is 13.2 Å². The third kappa shape index (κ3) is 3.16. The normalized spacial score (nSPS) is 24.5. The van der Waals surface area contributed by atoms with E-state index in [4.69, 9.17) is 14.1 Å². The molecule has 2 fully saturated rings. The van der Waals surface area contributed by atoms with Crippen LogP contribution >= 0.6 is 0 Å². The van der Waals surface area contributed by atoms with Crippen LogP contribution in [0, 0.1) is 5.41 Å². The van der Waals surface area contributed by atoms with Crippen molar-refractivity contribution in [2.45, 2.75) is 58.6 Å². The number of pyridine rings is 1. The summed E-state index contributed by atoms with van der Waals surface area (Å²) in [7, 11) is 0. The first kappa shape index (κ1) is 15.8. The van der Waals surface area contributed by atoms with Gasteiger partial charge in [0, 0.05) is 19.0 Å². The van der Waals surface area contributed by atoms with Crippen molar-refractivity contribution in [2.24, 2.45) is 5.41 Å². The Kier molecular flexibility index (Phi) is 4.21. The van der Waals surface area contributed by atoms with E-state index in [1.54, 1.807) is 0 Å². The van der Waals surface area contributed by atoms with Gasteiger partial charge in [0.1, 0.15) is 6.10 Å². The van der Waals surface area contributed by atoms with Crippen LogP contribution in [0.2, 0.25) is 6.32 Å². The Morgan fingerprint density at radius 1 is 1.18 bits per heavy atom. The molecule has 0 atom stereocenters. The fourth-order valence-corrected chi connectivity index (χ4v) is 3.07. The van der Waals surface area contributed by atoms with Crippen LogP contribution in [0.15, 0.2) is 18.3 Å². The molecule has 4 nitrogen and oxygen atoms in total. The van der Waals surface area contributed by atoms with E-state index in [2.05, 4.69) is 38.7 Å². The van der Waals surface area contributed by atoms with Gasteiger partial charge < -0.3 is 14.1 Å². The van der Waals surface area contributed by atoms with Crippen molar-refractivity contribution in [3.8, 4) is 5.88 Å². The van der Waals surface area contributed by atoms with Gasteiger partial charge in [0.15, 0.2) is 0 Å². The molecule has 0 spiro atoms. The lowest BCUT2D eigenvalue weighted by Crippen LogP contribution is -2.36. The summed E-state index contributed by atoms with van der Waals surface area (Å²) in [5, 5.41) is 0. The highest BCUT2D eigenvalue weighted by Gasteiger charge is 2.49. The molecule has 120 valence electrons. The molecule has 0 aromatic carbocycles. The van der Waals surface area contributed by atoms with E-state index in [0.29, 0.717) is 5.88 Å². The summed E-state index contributed by atoms with van der Waals surface area (Å²) in [4.78, 5) is 4.47. The molecule has 0 radical (unpaired) electrons. The molecule has 3 rings (SSSR count). The predicted molar refractivity (Wildman–Crippen MR) is 87.8 cm³/mol. The fourth-order valence-electron chi connectivity index (χ4n) is 3.07. The van der Waals surface area contributed by atoms with Gasteiger partial charge in [0.05, 0.1) is 18.8 Å². The van der Waals surface area contributed by atoms with Crippen molar-refractivity contribution in [1.82, 2.24) is 4.98 Å². The van der Waals surface area contributed by atoms with E-state index in [1.165, 1.54) is 0 Å². The van der Waals surface area contributed by atoms with Gasteiger partial charge in [0.25, 0.3) is 0 Å². The number of nitrogens with zero attached hydrogens (tertiary/aromatic N) is 1. The van der Waals surface area contributed by atoms with Crippen LogP contribution < -0.4 is 10.2 Å².